The summed E-state index contributed by atoms with van der Waals surface area (Å²) in [5.41, 5.74) is -0.850. The topological polar surface area (TPSA) is 75.3 Å². The lowest BCUT2D eigenvalue weighted by Gasteiger charge is -2.36. The van der Waals surface area contributed by atoms with Crippen LogP contribution >= 0.6 is 0 Å². The van der Waals surface area contributed by atoms with Crippen molar-refractivity contribution in [2.24, 2.45) is 16.7 Å². The van der Waals surface area contributed by atoms with Crippen LogP contribution < -0.4 is 10.0 Å². The van der Waals surface area contributed by atoms with Crippen LogP contribution in [-0.2, 0) is 14.8 Å². The number of Topliss-reactive ketones (excluding diaryl/α,β-unsaturated/α-hetero) is 1. The van der Waals surface area contributed by atoms with Crippen LogP contribution in [0.15, 0.2) is 0 Å². The van der Waals surface area contributed by atoms with Gasteiger partial charge in [-0.25, -0.2) is 13.1 Å². The second-order valence-electron chi connectivity index (χ2n) is 7.57. The molecule has 2 bridgehead atoms. The van der Waals surface area contributed by atoms with E-state index < -0.39 is 15.4 Å². The number of fused-ring (bicyclic) bond motifs is 2. The summed E-state index contributed by atoms with van der Waals surface area (Å²) in [5.74, 6) is 0.486. The van der Waals surface area contributed by atoms with Crippen LogP contribution in [-0.4, -0.2) is 39.1 Å². The molecule has 3 rings (SSSR count). The van der Waals surface area contributed by atoms with E-state index >= 15 is 0 Å². The van der Waals surface area contributed by atoms with Crippen molar-refractivity contribution in [1.29, 1.82) is 0 Å². The Balaban J connectivity index is 1.70. The van der Waals surface area contributed by atoms with Crippen molar-refractivity contribution in [2.75, 3.05) is 18.8 Å². The molecular weight excluding hydrogens is 288 g/mol. The molecular formula is C15H26N2O3S. The summed E-state index contributed by atoms with van der Waals surface area (Å²) in [5, 5.41) is 3.29. The van der Waals surface area contributed by atoms with Gasteiger partial charge in [0.25, 0.3) is 0 Å². The maximum atomic E-state index is 12.5. The molecule has 3 atom stereocenters. The quantitative estimate of drug-likeness (QED) is 0.795. The molecule has 120 valence electrons. The van der Waals surface area contributed by atoms with E-state index in [0.717, 1.165) is 32.2 Å². The van der Waals surface area contributed by atoms with Crippen molar-refractivity contribution in [2.45, 2.75) is 52.0 Å². The molecule has 1 saturated heterocycles. The van der Waals surface area contributed by atoms with E-state index in [1.54, 1.807) is 0 Å². The van der Waals surface area contributed by atoms with E-state index in [4.69, 9.17) is 0 Å². The zero-order valence-electron chi connectivity index (χ0n) is 12.9. The normalized spacial score (nSPS) is 38.3. The zero-order valence-corrected chi connectivity index (χ0v) is 13.8. The molecule has 3 aliphatic rings. The first-order valence-corrected chi connectivity index (χ1v) is 9.66. The highest BCUT2D eigenvalue weighted by atomic mass is 32.2. The van der Waals surface area contributed by atoms with Gasteiger partial charge in [0.1, 0.15) is 5.78 Å². The molecule has 3 fully saturated rings. The van der Waals surface area contributed by atoms with Crippen molar-refractivity contribution in [1.82, 2.24) is 10.0 Å². The number of sulfonamides is 1. The van der Waals surface area contributed by atoms with Gasteiger partial charge in [0.2, 0.25) is 10.0 Å². The molecule has 1 heterocycles. The summed E-state index contributed by atoms with van der Waals surface area (Å²) in [4.78, 5) is 12.4. The Hall–Kier alpha value is -0.460. The SMILES string of the molecule is CC1(C)C2CC[C@@]1(CS(=O)(=O)NC[C@@H]1CCCN1)C(=O)C2. The minimum atomic E-state index is -3.41. The van der Waals surface area contributed by atoms with Crippen molar-refractivity contribution < 1.29 is 13.2 Å². The lowest BCUT2D eigenvalue weighted by molar-refractivity contribution is -0.128. The predicted molar refractivity (Wildman–Crippen MR) is 81.4 cm³/mol. The largest absolute Gasteiger partial charge is 0.313 e. The van der Waals surface area contributed by atoms with Gasteiger partial charge in [-0.1, -0.05) is 13.8 Å². The van der Waals surface area contributed by atoms with E-state index in [2.05, 4.69) is 23.9 Å². The molecule has 0 aromatic carbocycles. The van der Waals surface area contributed by atoms with E-state index in [1.807, 2.05) is 0 Å². The van der Waals surface area contributed by atoms with Crippen LogP contribution in [0.2, 0.25) is 0 Å². The van der Waals surface area contributed by atoms with Crippen molar-refractivity contribution in [3.05, 3.63) is 0 Å². The predicted octanol–water partition coefficient (Wildman–Crippen LogP) is 1.05. The van der Waals surface area contributed by atoms with Gasteiger partial charge in [-0.2, -0.15) is 0 Å². The first-order chi connectivity index (χ1) is 9.77. The minimum absolute atomic E-state index is 0.0327. The summed E-state index contributed by atoms with van der Waals surface area (Å²) in [6.45, 7) is 5.55. The van der Waals surface area contributed by atoms with E-state index in [9.17, 15) is 13.2 Å². The fourth-order valence-electron chi connectivity index (χ4n) is 4.64. The average Bonchev–Trinajstić information content (AvgIpc) is 3.02. The van der Waals surface area contributed by atoms with Crippen molar-refractivity contribution in [3.8, 4) is 0 Å². The molecule has 0 aromatic heterocycles. The Bertz CT molecular complexity index is 537. The molecule has 5 nitrogen and oxygen atoms in total. The maximum absolute atomic E-state index is 12.5. The average molecular weight is 314 g/mol. The number of hydrogen-bond donors (Lipinski definition) is 2. The molecule has 21 heavy (non-hydrogen) atoms. The van der Waals surface area contributed by atoms with Crippen molar-refractivity contribution >= 4 is 15.8 Å². The van der Waals surface area contributed by atoms with Crippen LogP contribution in [0, 0.1) is 16.7 Å². The lowest BCUT2D eigenvalue weighted by atomic mass is 9.70. The summed E-state index contributed by atoms with van der Waals surface area (Å²) in [6.07, 6.45) is 4.39. The fraction of sp³-hybridized carbons (Fsp3) is 0.933. The molecule has 0 aromatic rings. The van der Waals surface area contributed by atoms with Gasteiger partial charge in [-0.15, -0.1) is 0 Å². The Kier molecular flexibility index (Phi) is 3.70. The molecule has 6 heteroatoms. The van der Waals surface area contributed by atoms with Crippen LogP contribution in [0.5, 0.6) is 0 Å². The van der Waals surface area contributed by atoms with E-state index in [-0.39, 0.29) is 23.0 Å². The highest BCUT2D eigenvalue weighted by molar-refractivity contribution is 7.89. The van der Waals surface area contributed by atoms with Crippen LogP contribution in [0.25, 0.3) is 0 Å². The van der Waals surface area contributed by atoms with Gasteiger partial charge in [-0.3, -0.25) is 4.79 Å². The number of carbonyl (C=O) groups excluding carboxylic acids is 1. The number of nitrogens with one attached hydrogen (secondary N) is 2. The third kappa shape index (κ3) is 2.45. The number of rotatable bonds is 5. The highest BCUT2D eigenvalue weighted by Gasteiger charge is 2.65. The summed E-state index contributed by atoms with van der Waals surface area (Å²) in [7, 11) is -3.41. The second-order valence-corrected chi connectivity index (χ2v) is 9.37. The third-order valence-corrected chi connectivity index (χ3v) is 7.77. The third-order valence-electron chi connectivity index (χ3n) is 6.29. The minimum Gasteiger partial charge on any atom is -0.313 e. The molecule has 0 spiro atoms. The highest BCUT2D eigenvalue weighted by Crippen LogP contribution is 2.64. The number of ketones is 1. The second kappa shape index (κ2) is 5.03. The molecule has 2 N–H and O–H groups in total. The first kappa shape index (κ1) is 15.4. The number of carbonyl (C=O) groups is 1. The Morgan fingerprint density at radius 2 is 2.10 bits per heavy atom. The van der Waals surface area contributed by atoms with Crippen LogP contribution in [0.3, 0.4) is 0 Å². The standard InChI is InChI=1S/C15H26N2O3S/c1-14(2)11-5-6-15(14,13(18)8-11)10-21(19,20)17-9-12-4-3-7-16-12/h11-12,16-17H,3-10H2,1-2H3/t11?,12-,15+/m0/s1. The molecule has 1 unspecified atom stereocenters. The molecule has 2 saturated carbocycles. The van der Waals surface area contributed by atoms with E-state index in [1.165, 1.54) is 0 Å². The van der Waals surface area contributed by atoms with Crippen molar-refractivity contribution in [3.63, 3.8) is 0 Å². The van der Waals surface area contributed by atoms with Gasteiger partial charge >= 0.3 is 0 Å². The molecule has 0 radical (unpaired) electrons. The van der Waals surface area contributed by atoms with E-state index in [0.29, 0.717) is 18.9 Å². The molecule has 2 aliphatic carbocycles. The Morgan fingerprint density at radius 1 is 1.33 bits per heavy atom. The molecule has 0 amide bonds. The van der Waals surface area contributed by atoms with Crippen LogP contribution in [0.1, 0.15) is 46.0 Å². The Labute approximate surface area is 127 Å². The fourth-order valence-corrected chi connectivity index (χ4v) is 6.53. The monoisotopic (exact) mass is 314 g/mol. The van der Waals surface area contributed by atoms with Gasteiger partial charge in [0.05, 0.1) is 5.75 Å². The Morgan fingerprint density at radius 3 is 2.62 bits per heavy atom. The number of hydrogen-bond acceptors (Lipinski definition) is 4. The first-order valence-electron chi connectivity index (χ1n) is 8.01. The lowest BCUT2D eigenvalue weighted by Crippen LogP contribution is -2.47. The summed E-state index contributed by atoms with van der Waals surface area (Å²) in [6, 6.07) is 0.237. The summed E-state index contributed by atoms with van der Waals surface area (Å²) < 4.78 is 27.7. The smallest absolute Gasteiger partial charge is 0.212 e. The summed E-state index contributed by atoms with van der Waals surface area (Å²) >= 11 is 0. The zero-order chi connectivity index (χ0) is 15.3. The van der Waals surface area contributed by atoms with Gasteiger partial charge in [-0.05, 0) is 43.6 Å². The van der Waals surface area contributed by atoms with Gasteiger partial charge in [0, 0.05) is 24.4 Å². The van der Waals surface area contributed by atoms with Gasteiger partial charge in [0.15, 0.2) is 0 Å². The molecule has 1 aliphatic heterocycles. The van der Waals surface area contributed by atoms with Crippen LogP contribution in [0.4, 0.5) is 0 Å². The van der Waals surface area contributed by atoms with Gasteiger partial charge < -0.3 is 5.32 Å². The maximum Gasteiger partial charge on any atom is 0.212 e.